The first-order chi connectivity index (χ1) is 7.27. The van der Waals surface area contributed by atoms with Crippen molar-refractivity contribution in [2.45, 2.75) is 19.2 Å². The molecule has 16 heavy (non-hydrogen) atoms. The lowest BCUT2D eigenvalue weighted by atomic mass is 10.1. The zero-order valence-corrected chi connectivity index (χ0v) is 7.52. The Balaban J connectivity index is 3.37. The van der Waals surface area contributed by atoms with Gasteiger partial charge in [-0.15, -0.1) is 0 Å². The van der Waals surface area contributed by atoms with Gasteiger partial charge in [-0.05, 0) is 6.07 Å². The molecule has 0 fully saturated rings. The summed E-state index contributed by atoms with van der Waals surface area (Å²) in [6.07, 6.45) is -8.29. The van der Waals surface area contributed by atoms with Crippen LogP contribution in [-0.2, 0) is 12.8 Å². The molecule has 0 aliphatic carbocycles. The molecule has 2 nitrogen and oxygen atoms in total. The van der Waals surface area contributed by atoms with Crippen molar-refractivity contribution < 1.29 is 31.4 Å². The fourth-order valence-electron chi connectivity index (χ4n) is 1.06. The van der Waals surface area contributed by atoms with Gasteiger partial charge >= 0.3 is 6.18 Å². The van der Waals surface area contributed by atoms with Crippen molar-refractivity contribution in [2.75, 3.05) is 0 Å². The molecule has 0 aromatic carbocycles. The first-order valence-corrected chi connectivity index (χ1v) is 3.93. The number of aromatic nitrogens is 1. The van der Waals surface area contributed by atoms with Crippen LogP contribution < -0.4 is 0 Å². The van der Waals surface area contributed by atoms with Crippen LogP contribution in [0.2, 0.25) is 0 Å². The number of hydrogen-bond donors (Lipinski definition) is 1. The number of nitrogens with zero attached hydrogens (tertiary/aromatic N) is 1. The topological polar surface area (TPSA) is 33.1 Å². The highest BCUT2D eigenvalue weighted by molar-refractivity contribution is 5.28. The smallest absolute Gasteiger partial charge is 0.392 e. The van der Waals surface area contributed by atoms with Crippen molar-refractivity contribution in [1.82, 2.24) is 4.98 Å². The molecule has 0 saturated heterocycles. The second kappa shape index (κ2) is 4.28. The van der Waals surface area contributed by atoms with Gasteiger partial charge < -0.3 is 5.11 Å². The molecule has 1 N–H and O–H groups in total. The molecule has 8 heteroatoms. The van der Waals surface area contributed by atoms with Gasteiger partial charge in [0.2, 0.25) is 5.95 Å². The van der Waals surface area contributed by atoms with Gasteiger partial charge in [0.25, 0.3) is 6.43 Å². The van der Waals surface area contributed by atoms with Crippen LogP contribution in [-0.4, -0.2) is 10.1 Å². The molecule has 1 rings (SSSR count). The van der Waals surface area contributed by atoms with E-state index in [1.54, 1.807) is 0 Å². The van der Waals surface area contributed by atoms with E-state index in [4.69, 9.17) is 5.11 Å². The molecule has 1 heterocycles. The normalized spacial score (nSPS) is 12.2. The molecule has 0 aliphatic rings. The highest BCUT2D eigenvalue weighted by atomic mass is 19.4. The zero-order chi connectivity index (χ0) is 12.5. The minimum absolute atomic E-state index is 0.129. The summed E-state index contributed by atoms with van der Waals surface area (Å²) in [4.78, 5) is 2.51. The molecular formula is C8H5F6NO. The van der Waals surface area contributed by atoms with Gasteiger partial charge in [-0.1, -0.05) is 0 Å². The summed E-state index contributed by atoms with van der Waals surface area (Å²) < 4.78 is 73.6. The Hall–Kier alpha value is -1.31. The minimum atomic E-state index is -5.04. The quantitative estimate of drug-likeness (QED) is 0.641. The maximum absolute atomic E-state index is 12.8. The van der Waals surface area contributed by atoms with E-state index in [-0.39, 0.29) is 6.07 Å². The van der Waals surface area contributed by atoms with Crippen LogP contribution >= 0.6 is 0 Å². The van der Waals surface area contributed by atoms with E-state index in [9.17, 15) is 26.3 Å². The van der Waals surface area contributed by atoms with E-state index in [0.29, 0.717) is 0 Å². The molecular weight excluding hydrogens is 240 g/mol. The number of rotatable bonds is 2. The maximum atomic E-state index is 12.8. The number of pyridine rings is 1. The van der Waals surface area contributed by atoms with E-state index in [1.165, 1.54) is 0 Å². The average Bonchev–Trinajstić information content (AvgIpc) is 2.15. The molecule has 0 unspecified atom stereocenters. The molecule has 0 amide bonds. The Morgan fingerprint density at radius 1 is 1.31 bits per heavy atom. The predicted molar refractivity (Wildman–Crippen MR) is 40.1 cm³/mol. The summed E-state index contributed by atoms with van der Waals surface area (Å²) >= 11 is 0. The highest BCUT2D eigenvalue weighted by Crippen LogP contribution is 2.33. The Kier molecular flexibility index (Phi) is 3.41. The Morgan fingerprint density at radius 3 is 2.25 bits per heavy atom. The lowest BCUT2D eigenvalue weighted by Gasteiger charge is -2.11. The molecule has 90 valence electrons. The van der Waals surface area contributed by atoms with Crippen LogP contribution in [0.15, 0.2) is 6.07 Å². The van der Waals surface area contributed by atoms with Crippen LogP contribution in [0, 0.1) is 5.95 Å². The van der Waals surface area contributed by atoms with E-state index in [2.05, 4.69) is 4.98 Å². The summed E-state index contributed by atoms with van der Waals surface area (Å²) in [6, 6.07) is 0.129. The molecule has 0 bridgehead atoms. The lowest BCUT2D eigenvalue weighted by molar-refractivity contribution is -0.140. The van der Waals surface area contributed by atoms with Crippen molar-refractivity contribution in [2.24, 2.45) is 0 Å². The summed E-state index contributed by atoms with van der Waals surface area (Å²) in [6.45, 7) is -1.07. The van der Waals surface area contributed by atoms with Gasteiger partial charge in [0.15, 0.2) is 0 Å². The van der Waals surface area contributed by atoms with Gasteiger partial charge in [-0.3, -0.25) is 0 Å². The third kappa shape index (κ3) is 2.43. The van der Waals surface area contributed by atoms with E-state index in [0.717, 1.165) is 0 Å². The fraction of sp³-hybridized carbons (Fsp3) is 0.375. The van der Waals surface area contributed by atoms with Crippen LogP contribution in [0.4, 0.5) is 26.3 Å². The Labute approximate surface area is 85.5 Å². The number of halogens is 6. The van der Waals surface area contributed by atoms with Crippen molar-refractivity contribution >= 4 is 0 Å². The maximum Gasteiger partial charge on any atom is 0.420 e. The second-order valence-corrected chi connectivity index (χ2v) is 2.83. The molecule has 1 aromatic rings. The largest absolute Gasteiger partial charge is 0.420 e. The molecule has 0 atom stereocenters. The predicted octanol–water partition coefficient (Wildman–Crippen LogP) is 2.67. The van der Waals surface area contributed by atoms with Crippen molar-refractivity contribution in [3.63, 3.8) is 0 Å². The standard InChI is InChI=1S/C8H5F6NO/c9-6(10)5-3(2-16)1-4(7(11)15-5)8(12,13)14/h1,6,16H,2H2. The molecule has 0 radical (unpaired) electrons. The van der Waals surface area contributed by atoms with Gasteiger partial charge in [-0.25, -0.2) is 13.8 Å². The first-order valence-electron chi connectivity index (χ1n) is 3.93. The third-order valence-electron chi connectivity index (χ3n) is 1.77. The van der Waals surface area contributed by atoms with E-state index >= 15 is 0 Å². The third-order valence-corrected chi connectivity index (χ3v) is 1.77. The van der Waals surface area contributed by atoms with Crippen molar-refractivity contribution in [3.8, 4) is 0 Å². The van der Waals surface area contributed by atoms with Crippen LogP contribution in [0.5, 0.6) is 0 Å². The number of aliphatic hydroxyl groups excluding tert-OH is 1. The minimum Gasteiger partial charge on any atom is -0.392 e. The number of aliphatic hydroxyl groups is 1. The first kappa shape index (κ1) is 12.8. The SMILES string of the molecule is OCc1cc(C(F)(F)F)c(F)nc1C(F)F. The summed E-state index contributed by atoms with van der Waals surface area (Å²) in [5, 5.41) is 8.59. The van der Waals surface area contributed by atoms with Gasteiger partial charge in [0.05, 0.1) is 6.61 Å². The van der Waals surface area contributed by atoms with Crippen molar-refractivity contribution in [1.29, 1.82) is 0 Å². The van der Waals surface area contributed by atoms with E-state index in [1.807, 2.05) is 0 Å². The van der Waals surface area contributed by atoms with Gasteiger partial charge in [0, 0.05) is 5.56 Å². The van der Waals surface area contributed by atoms with E-state index < -0.39 is 42.0 Å². The van der Waals surface area contributed by atoms with Crippen molar-refractivity contribution in [3.05, 3.63) is 28.8 Å². The summed E-state index contributed by atoms with van der Waals surface area (Å²) in [5.74, 6) is -2.03. The summed E-state index contributed by atoms with van der Waals surface area (Å²) in [7, 11) is 0. The van der Waals surface area contributed by atoms with Gasteiger partial charge in [0.1, 0.15) is 11.3 Å². The molecule has 0 spiro atoms. The number of alkyl halides is 5. The van der Waals surface area contributed by atoms with Gasteiger partial charge in [-0.2, -0.15) is 17.6 Å². The van der Waals surface area contributed by atoms with Crippen LogP contribution in [0.25, 0.3) is 0 Å². The molecule has 0 saturated carbocycles. The molecule has 1 aromatic heterocycles. The monoisotopic (exact) mass is 245 g/mol. The van der Waals surface area contributed by atoms with Crippen LogP contribution in [0.1, 0.15) is 23.2 Å². The Morgan fingerprint density at radius 2 is 1.88 bits per heavy atom. The zero-order valence-electron chi connectivity index (χ0n) is 7.52. The number of hydrogen-bond acceptors (Lipinski definition) is 2. The highest BCUT2D eigenvalue weighted by Gasteiger charge is 2.36. The Bertz CT molecular complexity index is 389. The molecule has 0 aliphatic heterocycles. The lowest BCUT2D eigenvalue weighted by Crippen LogP contribution is -2.13. The fourth-order valence-corrected chi connectivity index (χ4v) is 1.06. The second-order valence-electron chi connectivity index (χ2n) is 2.83. The van der Waals surface area contributed by atoms with Crippen LogP contribution in [0.3, 0.4) is 0 Å². The summed E-state index contributed by atoms with van der Waals surface area (Å²) in [5.41, 5.74) is -3.71. The average molecular weight is 245 g/mol.